The van der Waals surface area contributed by atoms with E-state index in [4.69, 9.17) is 18.9 Å². The third-order valence-electron chi connectivity index (χ3n) is 4.06. The second kappa shape index (κ2) is 12.9. The molecular formula is C24H26O8. The van der Waals surface area contributed by atoms with Crippen molar-refractivity contribution in [2.75, 3.05) is 26.4 Å². The Morgan fingerprint density at radius 1 is 0.562 bits per heavy atom. The molecule has 0 aromatic heterocycles. The zero-order valence-electron chi connectivity index (χ0n) is 18.1. The first kappa shape index (κ1) is 24.6. The summed E-state index contributed by atoms with van der Waals surface area (Å²) in [6, 6.07) is 14.9. The van der Waals surface area contributed by atoms with Gasteiger partial charge in [-0.1, -0.05) is 24.3 Å². The topological polar surface area (TPSA) is 105 Å². The molecule has 170 valence electrons. The smallest absolute Gasteiger partial charge is 0.313 e. The normalized spacial score (nSPS) is 10.2. The van der Waals surface area contributed by atoms with Crippen LogP contribution in [-0.2, 0) is 28.7 Å². The predicted octanol–water partition coefficient (Wildman–Crippen LogP) is 3.16. The lowest BCUT2D eigenvalue weighted by atomic mass is 10.1. The molecule has 0 heterocycles. The molecule has 2 rings (SSSR count). The van der Waals surface area contributed by atoms with Gasteiger partial charge in [0.1, 0.15) is 62.3 Å². The minimum absolute atomic E-state index is 0.0747. The summed E-state index contributed by atoms with van der Waals surface area (Å²) in [6.07, 6.45) is -0.458. The minimum atomic E-state index is -0.558. The van der Waals surface area contributed by atoms with Crippen LogP contribution >= 0.6 is 0 Å². The Morgan fingerprint density at radius 2 is 0.906 bits per heavy atom. The van der Waals surface area contributed by atoms with E-state index in [1.54, 1.807) is 0 Å². The van der Waals surface area contributed by atoms with Gasteiger partial charge < -0.3 is 18.9 Å². The van der Waals surface area contributed by atoms with Gasteiger partial charge in [-0.25, -0.2) is 0 Å². The molecule has 0 atom stereocenters. The first-order valence-corrected chi connectivity index (χ1v) is 10.1. The Labute approximate surface area is 186 Å². The molecule has 0 bridgehead atoms. The summed E-state index contributed by atoms with van der Waals surface area (Å²) in [5.41, 5.74) is 1.96. The average molecular weight is 442 g/mol. The molecule has 2 aromatic carbocycles. The fourth-order valence-corrected chi connectivity index (χ4v) is 2.63. The van der Waals surface area contributed by atoms with Gasteiger partial charge in [0.15, 0.2) is 0 Å². The number of Topliss-reactive ketones (excluding diaryl/α,β-unsaturated/α-hetero) is 2. The van der Waals surface area contributed by atoms with Crippen molar-refractivity contribution in [2.24, 2.45) is 0 Å². The Bertz CT molecular complexity index is 839. The Kier molecular flexibility index (Phi) is 9.90. The highest BCUT2D eigenvalue weighted by Gasteiger charge is 2.07. The summed E-state index contributed by atoms with van der Waals surface area (Å²) in [6.45, 7) is 3.20. The maximum absolute atomic E-state index is 11.3. The van der Waals surface area contributed by atoms with Crippen molar-refractivity contribution in [3.05, 3.63) is 48.5 Å². The Morgan fingerprint density at radius 3 is 1.22 bits per heavy atom. The number of hydrogen-bond donors (Lipinski definition) is 0. The van der Waals surface area contributed by atoms with Gasteiger partial charge in [0.25, 0.3) is 0 Å². The van der Waals surface area contributed by atoms with E-state index < -0.39 is 11.9 Å². The van der Waals surface area contributed by atoms with Gasteiger partial charge >= 0.3 is 11.9 Å². The van der Waals surface area contributed by atoms with Crippen molar-refractivity contribution >= 4 is 23.5 Å². The van der Waals surface area contributed by atoms with E-state index in [0.717, 1.165) is 11.1 Å². The highest BCUT2D eigenvalue weighted by atomic mass is 16.6. The fourth-order valence-electron chi connectivity index (χ4n) is 2.63. The average Bonchev–Trinajstić information content (AvgIpc) is 2.74. The third kappa shape index (κ3) is 9.42. The van der Waals surface area contributed by atoms with E-state index >= 15 is 0 Å². The van der Waals surface area contributed by atoms with Crippen molar-refractivity contribution in [1.29, 1.82) is 0 Å². The van der Waals surface area contributed by atoms with E-state index in [1.165, 1.54) is 13.8 Å². The monoisotopic (exact) mass is 442 g/mol. The van der Waals surface area contributed by atoms with Crippen LogP contribution in [0.2, 0.25) is 0 Å². The van der Waals surface area contributed by atoms with Gasteiger partial charge in [0.2, 0.25) is 0 Å². The zero-order valence-corrected chi connectivity index (χ0v) is 18.1. The number of rotatable bonds is 13. The standard InChI is InChI=1S/C24H26O8/c1-17(25)15-23(27)31-13-11-29-21-7-3-19(4-8-21)20-5-9-22(10-6-20)30-12-14-32-24(28)16-18(2)26/h3-10H,11-16H2,1-2H3. The van der Waals surface area contributed by atoms with Crippen LogP contribution in [0.5, 0.6) is 11.5 Å². The molecule has 2 aromatic rings. The lowest BCUT2D eigenvalue weighted by Crippen LogP contribution is -2.14. The zero-order chi connectivity index (χ0) is 23.3. The molecule has 8 heteroatoms. The summed E-state index contributed by atoms with van der Waals surface area (Å²) < 4.78 is 20.9. The summed E-state index contributed by atoms with van der Waals surface area (Å²) >= 11 is 0. The van der Waals surface area contributed by atoms with Crippen LogP contribution in [0.3, 0.4) is 0 Å². The summed E-state index contributed by atoms with van der Waals surface area (Å²) in [4.78, 5) is 44.2. The van der Waals surface area contributed by atoms with E-state index in [-0.39, 0.29) is 50.8 Å². The predicted molar refractivity (Wildman–Crippen MR) is 115 cm³/mol. The number of benzene rings is 2. The number of hydrogen-bond acceptors (Lipinski definition) is 8. The molecule has 32 heavy (non-hydrogen) atoms. The summed E-state index contributed by atoms with van der Waals surface area (Å²) in [5.74, 6) is -0.322. The molecule has 0 fully saturated rings. The SMILES string of the molecule is CC(=O)CC(=O)OCCOc1ccc(-c2ccc(OCCOC(=O)CC(C)=O)cc2)cc1. The molecule has 0 spiro atoms. The van der Waals surface area contributed by atoms with Crippen molar-refractivity contribution in [1.82, 2.24) is 0 Å². The quantitative estimate of drug-likeness (QED) is 0.265. The lowest BCUT2D eigenvalue weighted by Gasteiger charge is -2.09. The molecule has 0 aliphatic rings. The Balaban J connectivity index is 1.73. The number of carbonyl (C=O) groups is 4. The Hall–Kier alpha value is -3.68. The molecule has 0 radical (unpaired) electrons. The van der Waals surface area contributed by atoms with Crippen LogP contribution in [-0.4, -0.2) is 49.9 Å². The van der Waals surface area contributed by atoms with Crippen LogP contribution in [0.25, 0.3) is 11.1 Å². The molecule has 0 saturated carbocycles. The number of carbonyl (C=O) groups excluding carboxylic acids is 4. The maximum atomic E-state index is 11.3. The van der Waals surface area contributed by atoms with E-state index in [9.17, 15) is 19.2 Å². The maximum Gasteiger partial charge on any atom is 0.313 e. The molecule has 0 saturated heterocycles. The first-order chi connectivity index (χ1) is 15.3. The van der Waals surface area contributed by atoms with Gasteiger partial charge in [-0.15, -0.1) is 0 Å². The van der Waals surface area contributed by atoms with Crippen molar-refractivity contribution in [2.45, 2.75) is 26.7 Å². The van der Waals surface area contributed by atoms with Crippen LogP contribution in [0.15, 0.2) is 48.5 Å². The number of esters is 2. The molecule has 8 nitrogen and oxygen atoms in total. The van der Waals surface area contributed by atoms with E-state index in [2.05, 4.69) is 0 Å². The molecule has 0 N–H and O–H groups in total. The van der Waals surface area contributed by atoms with Crippen molar-refractivity contribution < 1.29 is 38.1 Å². The van der Waals surface area contributed by atoms with Crippen LogP contribution in [0, 0.1) is 0 Å². The highest BCUT2D eigenvalue weighted by Crippen LogP contribution is 2.24. The second-order valence-electron chi connectivity index (χ2n) is 6.94. The summed E-state index contributed by atoms with van der Waals surface area (Å²) in [5, 5.41) is 0. The molecule has 0 unspecified atom stereocenters. The van der Waals surface area contributed by atoms with Crippen molar-refractivity contribution in [3.8, 4) is 22.6 Å². The van der Waals surface area contributed by atoms with Gasteiger partial charge in [-0.3, -0.25) is 19.2 Å². The van der Waals surface area contributed by atoms with Crippen LogP contribution in [0.1, 0.15) is 26.7 Å². The van der Waals surface area contributed by atoms with Crippen molar-refractivity contribution in [3.63, 3.8) is 0 Å². The van der Waals surface area contributed by atoms with E-state index in [1.807, 2.05) is 48.5 Å². The summed E-state index contributed by atoms with van der Waals surface area (Å²) in [7, 11) is 0. The fraction of sp³-hybridized carbons (Fsp3) is 0.333. The number of ether oxygens (including phenoxy) is 4. The molecular weight excluding hydrogens is 416 g/mol. The second-order valence-corrected chi connectivity index (χ2v) is 6.94. The number of ketones is 2. The first-order valence-electron chi connectivity index (χ1n) is 10.1. The highest BCUT2D eigenvalue weighted by molar-refractivity contribution is 5.94. The molecule has 0 amide bonds. The van der Waals surface area contributed by atoms with E-state index in [0.29, 0.717) is 11.5 Å². The third-order valence-corrected chi connectivity index (χ3v) is 4.06. The minimum Gasteiger partial charge on any atom is -0.490 e. The van der Waals surface area contributed by atoms with Gasteiger partial charge in [-0.05, 0) is 49.2 Å². The lowest BCUT2D eigenvalue weighted by molar-refractivity contribution is -0.147. The largest absolute Gasteiger partial charge is 0.490 e. The molecule has 0 aliphatic carbocycles. The van der Waals surface area contributed by atoms with Gasteiger partial charge in [0, 0.05) is 0 Å². The van der Waals surface area contributed by atoms with Crippen LogP contribution in [0.4, 0.5) is 0 Å². The van der Waals surface area contributed by atoms with Gasteiger partial charge in [-0.2, -0.15) is 0 Å². The molecule has 0 aliphatic heterocycles. The van der Waals surface area contributed by atoms with Crippen LogP contribution < -0.4 is 9.47 Å². The van der Waals surface area contributed by atoms with Gasteiger partial charge in [0.05, 0.1) is 0 Å².